The summed E-state index contributed by atoms with van der Waals surface area (Å²) in [6.45, 7) is -2.54. The highest BCUT2D eigenvalue weighted by Gasteiger charge is 2.29. The maximum atomic E-state index is 12.4. The Kier molecular flexibility index (Phi) is 7.56. The number of hydroxylamine groups is 1. The van der Waals surface area contributed by atoms with Crippen LogP contribution in [0.3, 0.4) is 0 Å². The van der Waals surface area contributed by atoms with E-state index in [2.05, 4.69) is 9.57 Å². The number of halogens is 3. The third-order valence-electron chi connectivity index (χ3n) is 3.09. The smallest absolute Gasteiger partial charge is 0.405 e. The molecule has 0 radical (unpaired) electrons. The van der Waals surface area contributed by atoms with Gasteiger partial charge in [-0.15, -0.1) is 0 Å². The molecule has 0 aliphatic carbocycles. The molecule has 9 nitrogen and oxygen atoms in total. The van der Waals surface area contributed by atoms with Crippen LogP contribution in [-0.4, -0.2) is 65.4 Å². The van der Waals surface area contributed by atoms with Crippen molar-refractivity contribution in [2.45, 2.75) is 11.1 Å². The fourth-order valence-corrected chi connectivity index (χ4v) is 2.86. The summed E-state index contributed by atoms with van der Waals surface area (Å²) in [5, 5.41) is 1.53. The van der Waals surface area contributed by atoms with Crippen LogP contribution in [0.25, 0.3) is 0 Å². The normalized spacial score (nSPS) is 12.0. The zero-order valence-electron chi connectivity index (χ0n) is 14.5. The monoisotopic (exact) mass is 414 g/mol. The van der Waals surface area contributed by atoms with E-state index in [0.29, 0.717) is 4.47 Å². The van der Waals surface area contributed by atoms with E-state index in [0.717, 1.165) is 20.2 Å². The summed E-state index contributed by atoms with van der Waals surface area (Å²) in [4.78, 5) is 27.4. The van der Waals surface area contributed by atoms with Crippen LogP contribution in [0.1, 0.15) is 10.4 Å². The van der Waals surface area contributed by atoms with Gasteiger partial charge in [-0.3, -0.25) is 9.63 Å². The molecule has 0 heterocycles. The zero-order valence-corrected chi connectivity index (χ0v) is 15.3. The molecule has 1 N–H and O–H groups in total. The molecule has 1 rings (SSSR count). The van der Waals surface area contributed by atoms with Gasteiger partial charge in [0.15, 0.2) is 6.61 Å². The highest BCUT2D eigenvalue weighted by Crippen LogP contribution is 2.27. The number of rotatable bonds is 8. The quantitative estimate of drug-likeness (QED) is 0.493. The van der Waals surface area contributed by atoms with Gasteiger partial charge in [0.05, 0.1) is 19.8 Å². The molecule has 0 saturated heterocycles. The van der Waals surface area contributed by atoms with E-state index < -0.39 is 46.1 Å². The average Bonchev–Trinajstić information content (AvgIpc) is 2.62. The number of hydrogen-bond donors (Lipinski definition) is 1. The molecule has 0 unspecified atom stereocenters. The molecule has 1 amide bonds. The number of sulfonamides is 1. The van der Waals surface area contributed by atoms with Gasteiger partial charge >= 0.3 is 12.1 Å². The Hall–Kier alpha value is -2.38. The topological polar surface area (TPSA) is 111 Å². The summed E-state index contributed by atoms with van der Waals surface area (Å²) in [6, 6.07) is 3.27. The molecule has 1 aromatic carbocycles. The van der Waals surface area contributed by atoms with Crippen molar-refractivity contribution in [3.05, 3.63) is 23.8 Å². The molecule has 1 aromatic rings. The second-order valence-corrected chi connectivity index (χ2v) is 6.84. The number of nitrogens with zero attached hydrogens (tertiary/aromatic N) is 1. The molecule has 0 atom stereocenters. The number of benzene rings is 1. The molecule has 27 heavy (non-hydrogen) atoms. The van der Waals surface area contributed by atoms with Gasteiger partial charge in [-0.1, -0.05) is 4.47 Å². The molecule has 0 aliphatic rings. The first kappa shape index (κ1) is 22.7. The van der Waals surface area contributed by atoms with Crippen molar-refractivity contribution in [3.8, 4) is 5.75 Å². The first-order valence-corrected chi connectivity index (χ1v) is 8.58. The van der Waals surface area contributed by atoms with Crippen molar-refractivity contribution < 1.29 is 45.5 Å². The molecule has 0 aliphatic heterocycles. The first-order valence-electron chi connectivity index (χ1n) is 7.14. The minimum Gasteiger partial charge on any atom is -0.495 e. The minimum atomic E-state index is -4.60. The van der Waals surface area contributed by atoms with Gasteiger partial charge in [0.2, 0.25) is 0 Å². The summed E-state index contributed by atoms with van der Waals surface area (Å²) < 4.78 is 70.8. The van der Waals surface area contributed by atoms with Crippen LogP contribution in [0.4, 0.5) is 13.2 Å². The highest BCUT2D eigenvalue weighted by atomic mass is 32.2. The van der Waals surface area contributed by atoms with Gasteiger partial charge in [0, 0.05) is 7.05 Å². The molecule has 13 heteroatoms. The summed E-state index contributed by atoms with van der Waals surface area (Å²) in [7, 11) is -0.729. The van der Waals surface area contributed by atoms with Crippen molar-refractivity contribution in [2.75, 3.05) is 34.4 Å². The van der Waals surface area contributed by atoms with Crippen LogP contribution in [0.15, 0.2) is 23.1 Å². The number of nitrogens with one attached hydrogen (secondary N) is 1. The van der Waals surface area contributed by atoms with Gasteiger partial charge in [-0.2, -0.15) is 13.2 Å². The Bertz CT molecular complexity index is 796. The third kappa shape index (κ3) is 6.37. The number of amides is 1. The van der Waals surface area contributed by atoms with Crippen molar-refractivity contribution in [2.24, 2.45) is 0 Å². The number of methoxy groups -OCH3 is 1. The molecular weight excluding hydrogens is 397 g/mol. The summed E-state index contributed by atoms with van der Waals surface area (Å²) in [5.41, 5.74) is -0.262. The van der Waals surface area contributed by atoms with Gasteiger partial charge in [0.1, 0.15) is 17.2 Å². The van der Waals surface area contributed by atoms with Crippen molar-refractivity contribution in [3.63, 3.8) is 0 Å². The molecule has 0 aromatic heterocycles. The highest BCUT2D eigenvalue weighted by molar-refractivity contribution is 7.89. The molecule has 0 spiro atoms. The fraction of sp³-hybridized carbons (Fsp3) is 0.429. The van der Waals surface area contributed by atoms with Crippen molar-refractivity contribution in [1.29, 1.82) is 0 Å². The third-order valence-corrected chi connectivity index (χ3v) is 4.79. The Labute approximate surface area is 153 Å². The van der Waals surface area contributed by atoms with Crippen LogP contribution in [0.2, 0.25) is 0 Å². The van der Waals surface area contributed by atoms with Gasteiger partial charge in [-0.25, -0.2) is 13.2 Å². The van der Waals surface area contributed by atoms with E-state index >= 15 is 0 Å². The summed E-state index contributed by atoms with van der Waals surface area (Å²) in [5.74, 6) is -2.36. The lowest BCUT2D eigenvalue weighted by molar-refractivity contribution is -0.140. The average molecular weight is 414 g/mol. The number of hydrogen-bond acceptors (Lipinski definition) is 7. The number of carbonyl (C=O) groups is 2. The van der Waals surface area contributed by atoms with E-state index in [1.165, 1.54) is 24.6 Å². The van der Waals surface area contributed by atoms with E-state index in [1.54, 1.807) is 0 Å². The summed E-state index contributed by atoms with van der Waals surface area (Å²) in [6.07, 6.45) is -4.60. The maximum absolute atomic E-state index is 12.4. The molecule has 0 fully saturated rings. The number of ether oxygens (including phenoxy) is 2. The minimum absolute atomic E-state index is 0.0848. The second-order valence-electron chi connectivity index (χ2n) is 4.93. The van der Waals surface area contributed by atoms with Gasteiger partial charge < -0.3 is 14.8 Å². The number of alkyl halides is 3. The van der Waals surface area contributed by atoms with E-state index in [4.69, 9.17) is 4.74 Å². The lowest BCUT2D eigenvalue weighted by Crippen LogP contribution is -2.36. The van der Waals surface area contributed by atoms with E-state index in [-0.39, 0.29) is 11.3 Å². The standard InChI is InChI=1S/C14H17F3N2O7S/c1-19(25-3)27(22,23)11-6-9(4-5-10(11)24-2)13(21)26-7-12(20)18-8-14(15,16)17/h4-6H,7-8H2,1-3H3,(H,18,20). The predicted octanol–water partition coefficient (Wildman–Crippen LogP) is 0.712. The Balaban J connectivity index is 2.93. The van der Waals surface area contributed by atoms with Gasteiger partial charge in [-0.05, 0) is 18.2 Å². The van der Waals surface area contributed by atoms with Crippen LogP contribution < -0.4 is 10.1 Å². The largest absolute Gasteiger partial charge is 0.495 e. The number of esters is 1. The number of carbonyl (C=O) groups excluding carboxylic acids is 2. The zero-order chi connectivity index (χ0) is 20.8. The maximum Gasteiger partial charge on any atom is 0.405 e. The SMILES string of the molecule is COc1ccc(C(=O)OCC(=O)NCC(F)(F)F)cc1S(=O)(=O)N(C)OC. The Morgan fingerprint density at radius 2 is 1.85 bits per heavy atom. The molecule has 152 valence electrons. The van der Waals surface area contributed by atoms with Crippen LogP contribution in [0, 0.1) is 0 Å². The van der Waals surface area contributed by atoms with E-state index in [9.17, 15) is 31.2 Å². The summed E-state index contributed by atoms with van der Waals surface area (Å²) >= 11 is 0. The lowest BCUT2D eigenvalue weighted by Gasteiger charge is -2.17. The Morgan fingerprint density at radius 1 is 1.22 bits per heavy atom. The second kappa shape index (κ2) is 9.01. The van der Waals surface area contributed by atoms with Crippen molar-refractivity contribution in [1.82, 2.24) is 9.79 Å². The van der Waals surface area contributed by atoms with Crippen LogP contribution in [0.5, 0.6) is 5.75 Å². The molecule has 0 saturated carbocycles. The van der Waals surface area contributed by atoms with Crippen LogP contribution >= 0.6 is 0 Å². The fourth-order valence-electron chi connectivity index (χ4n) is 1.71. The predicted molar refractivity (Wildman–Crippen MR) is 84.3 cm³/mol. The first-order chi connectivity index (χ1) is 12.4. The van der Waals surface area contributed by atoms with Crippen LogP contribution in [-0.2, 0) is 24.4 Å². The van der Waals surface area contributed by atoms with E-state index in [1.807, 2.05) is 0 Å². The molecular formula is C14H17F3N2O7S. The Morgan fingerprint density at radius 3 is 2.37 bits per heavy atom. The lowest BCUT2D eigenvalue weighted by atomic mass is 10.2. The van der Waals surface area contributed by atoms with Crippen molar-refractivity contribution >= 4 is 21.9 Å². The van der Waals surface area contributed by atoms with Gasteiger partial charge in [0.25, 0.3) is 15.9 Å². The molecule has 0 bridgehead atoms.